The fourth-order valence-corrected chi connectivity index (χ4v) is 3.90. The molecule has 1 saturated heterocycles. The maximum atomic E-state index is 12.3. The van der Waals surface area contributed by atoms with Gasteiger partial charge in [0.2, 0.25) is 22.7 Å². The second-order valence-corrected chi connectivity index (χ2v) is 8.01. The van der Waals surface area contributed by atoms with Crippen LogP contribution in [0, 0.1) is 0 Å². The van der Waals surface area contributed by atoms with Crippen LogP contribution < -0.4 is 14.2 Å². The molecule has 8 heteroatoms. The number of rotatable bonds is 5. The minimum absolute atomic E-state index is 0.0714. The third kappa shape index (κ3) is 4.39. The molecule has 1 aromatic rings. The molecule has 0 atom stereocenters. The number of carbonyl (C=O) groups is 1. The largest absolute Gasteiger partial charge is 0.454 e. The Kier molecular flexibility index (Phi) is 4.96. The summed E-state index contributed by atoms with van der Waals surface area (Å²) < 4.78 is 35.7. The molecule has 3 rings (SSSR count). The third-order valence-electron chi connectivity index (χ3n) is 4.29. The van der Waals surface area contributed by atoms with E-state index in [0.717, 1.165) is 23.3 Å². The molecule has 2 heterocycles. The van der Waals surface area contributed by atoms with Gasteiger partial charge in [-0.15, -0.1) is 0 Å². The smallest absolute Gasteiger partial charge is 0.231 e. The molecule has 0 radical (unpaired) electrons. The second-order valence-electron chi connectivity index (χ2n) is 6.23. The van der Waals surface area contributed by atoms with E-state index in [2.05, 4.69) is 4.72 Å². The number of aryl methyl sites for hydroxylation is 1. The van der Waals surface area contributed by atoms with Crippen molar-refractivity contribution in [3.05, 3.63) is 23.8 Å². The van der Waals surface area contributed by atoms with Gasteiger partial charge in [0.05, 0.1) is 6.26 Å². The van der Waals surface area contributed by atoms with Gasteiger partial charge in [-0.05, 0) is 37.0 Å². The van der Waals surface area contributed by atoms with E-state index in [1.165, 1.54) is 0 Å². The van der Waals surface area contributed by atoms with E-state index in [1.54, 1.807) is 0 Å². The van der Waals surface area contributed by atoms with Crippen LogP contribution in [-0.2, 0) is 21.2 Å². The fraction of sp³-hybridized carbons (Fsp3) is 0.562. The first kappa shape index (κ1) is 17.0. The Hall–Kier alpha value is -1.80. The van der Waals surface area contributed by atoms with Crippen LogP contribution in [-0.4, -0.2) is 51.4 Å². The van der Waals surface area contributed by atoms with Crippen molar-refractivity contribution in [2.24, 2.45) is 0 Å². The van der Waals surface area contributed by atoms with Crippen molar-refractivity contribution >= 4 is 15.9 Å². The molecule has 7 nitrogen and oxygen atoms in total. The standard InChI is InChI=1S/C16H22N2O5S/c1-24(20,21)17-13-6-8-18(9-7-13)16(19)5-3-12-2-4-14-15(10-12)23-11-22-14/h2,4,10,13,17H,3,5-9,11H2,1H3. The number of nitrogens with zero attached hydrogens (tertiary/aromatic N) is 1. The van der Waals surface area contributed by atoms with Gasteiger partial charge in [-0.2, -0.15) is 0 Å². The van der Waals surface area contributed by atoms with Gasteiger partial charge in [0.15, 0.2) is 11.5 Å². The molecule has 132 valence electrons. The summed E-state index contributed by atoms with van der Waals surface area (Å²) in [4.78, 5) is 14.1. The van der Waals surface area contributed by atoms with E-state index in [0.29, 0.717) is 38.8 Å². The summed E-state index contributed by atoms with van der Waals surface area (Å²) in [6.07, 6.45) is 3.56. The normalized spacial score (nSPS) is 18.0. The minimum Gasteiger partial charge on any atom is -0.454 e. The van der Waals surface area contributed by atoms with Crippen molar-refractivity contribution < 1.29 is 22.7 Å². The first-order chi connectivity index (χ1) is 11.4. The van der Waals surface area contributed by atoms with E-state index < -0.39 is 10.0 Å². The van der Waals surface area contributed by atoms with Crippen molar-refractivity contribution in [2.45, 2.75) is 31.7 Å². The number of hydrogen-bond acceptors (Lipinski definition) is 5. The number of piperidine rings is 1. The molecule has 2 aliphatic rings. The molecular weight excluding hydrogens is 332 g/mol. The molecule has 0 bridgehead atoms. The zero-order chi connectivity index (χ0) is 17.2. The van der Waals surface area contributed by atoms with Crippen LogP contribution in [0.15, 0.2) is 18.2 Å². The number of hydrogen-bond donors (Lipinski definition) is 1. The number of amides is 1. The number of carbonyl (C=O) groups excluding carboxylic acids is 1. The van der Waals surface area contributed by atoms with Gasteiger partial charge < -0.3 is 14.4 Å². The minimum atomic E-state index is -3.19. The van der Waals surface area contributed by atoms with E-state index in [4.69, 9.17) is 9.47 Å². The lowest BCUT2D eigenvalue weighted by Crippen LogP contribution is -2.46. The lowest BCUT2D eigenvalue weighted by atomic mass is 10.0. The molecular formula is C16H22N2O5S. The summed E-state index contributed by atoms with van der Waals surface area (Å²) in [6, 6.07) is 5.66. The van der Waals surface area contributed by atoms with E-state index >= 15 is 0 Å². The Bertz CT molecular complexity index is 711. The van der Waals surface area contributed by atoms with Crippen molar-refractivity contribution in [1.82, 2.24) is 9.62 Å². The number of likely N-dealkylation sites (tertiary alicyclic amines) is 1. The average molecular weight is 354 g/mol. The Morgan fingerprint density at radius 1 is 1.25 bits per heavy atom. The fourth-order valence-electron chi connectivity index (χ4n) is 3.06. The summed E-state index contributed by atoms with van der Waals surface area (Å²) in [5, 5.41) is 0. The zero-order valence-corrected chi connectivity index (χ0v) is 14.5. The van der Waals surface area contributed by atoms with Crippen LogP contribution >= 0.6 is 0 Å². The molecule has 1 fully saturated rings. The van der Waals surface area contributed by atoms with Crippen LogP contribution in [0.1, 0.15) is 24.8 Å². The molecule has 24 heavy (non-hydrogen) atoms. The second kappa shape index (κ2) is 6.98. The predicted molar refractivity (Wildman–Crippen MR) is 88.5 cm³/mol. The monoisotopic (exact) mass is 354 g/mol. The molecule has 0 saturated carbocycles. The van der Waals surface area contributed by atoms with Crippen LogP contribution in [0.25, 0.3) is 0 Å². The van der Waals surface area contributed by atoms with Crippen LogP contribution in [0.3, 0.4) is 0 Å². The summed E-state index contributed by atoms with van der Waals surface area (Å²) in [5.74, 6) is 1.57. The van der Waals surface area contributed by atoms with Crippen molar-refractivity contribution in [3.8, 4) is 11.5 Å². The van der Waals surface area contributed by atoms with Gasteiger partial charge in [0.1, 0.15) is 0 Å². The molecule has 2 aliphatic heterocycles. The summed E-state index contributed by atoms with van der Waals surface area (Å²) in [5.41, 5.74) is 1.04. The number of sulfonamides is 1. The van der Waals surface area contributed by atoms with Gasteiger partial charge in [-0.1, -0.05) is 6.07 Å². The number of benzene rings is 1. The van der Waals surface area contributed by atoms with Gasteiger partial charge in [0, 0.05) is 25.6 Å². The Morgan fingerprint density at radius 2 is 1.96 bits per heavy atom. The van der Waals surface area contributed by atoms with Crippen molar-refractivity contribution in [2.75, 3.05) is 26.1 Å². The first-order valence-electron chi connectivity index (χ1n) is 8.04. The molecule has 1 aromatic carbocycles. The summed E-state index contributed by atoms with van der Waals surface area (Å²) in [6.45, 7) is 1.43. The molecule has 1 N–H and O–H groups in total. The van der Waals surface area contributed by atoms with Gasteiger partial charge in [0.25, 0.3) is 0 Å². The molecule has 0 spiro atoms. The molecule has 0 aromatic heterocycles. The number of ether oxygens (including phenoxy) is 2. The average Bonchev–Trinajstić information content (AvgIpc) is 2.99. The number of nitrogens with one attached hydrogen (secondary N) is 1. The van der Waals surface area contributed by atoms with Crippen LogP contribution in [0.5, 0.6) is 11.5 Å². The van der Waals surface area contributed by atoms with Crippen LogP contribution in [0.4, 0.5) is 0 Å². The first-order valence-corrected chi connectivity index (χ1v) is 9.93. The third-order valence-corrected chi connectivity index (χ3v) is 5.05. The van der Waals surface area contributed by atoms with E-state index in [-0.39, 0.29) is 18.7 Å². The topological polar surface area (TPSA) is 84.9 Å². The highest BCUT2D eigenvalue weighted by molar-refractivity contribution is 7.88. The zero-order valence-electron chi connectivity index (χ0n) is 13.7. The lowest BCUT2D eigenvalue weighted by Gasteiger charge is -2.32. The molecule has 0 unspecified atom stereocenters. The highest BCUT2D eigenvalue weighted by Gasteiger charge is 2.24. The highest BCUT2D eigenvalue weighted by Crippen LogP contribution is 2.32. The summed E-state index contributed by atoms with van der Waals surface area (Å²) >= 11 is 0. The van der Waals surface area contributed by atoms with Gasteiger partial charge in [-0.3, -0.25) is 4.79 Å². The van der Waals surface area contributed by atoms with Crippen molar-refractivity contribution in [1.29, 1.82) is 0 Å². The van der Waals surface area contributed by atoms with Crippen molar-refractivity contribution in [3.63, 3.8) is 0 Å². The SMILES string of the molecule is CS(=O)(=O)NC1CCN(C(=O)CCc2ccc3c(c2)OCO3)CC1. The predicted octanol–water partition coefficient (Wildman–Crippen LogP) is 0.888. The molecule has 1 amide bonds. The maximum Gasteiger partial charge on any atom is 0.231 e. The maximum absolute atomic E-state index is 12.3. The Morgan fingerprint density at radius 3 is 2.67 bits per heavy atom. The van der Waals surface area contributed by atoms with Crippen LogP contribution in [0.2, 0.25) is 0 Å². The van der Waals surface area contributed by atoms with Gasteiger partial charge in [-0.25, -0.2) is 13.1 Å². The highest BCUT2D eigenvalue weighted by atomic mass is 32.2. The summed E-state index contributed by atoms with van der Waals surface area (Å²) in [7, 11) is -3.19. The van der Waals surface area contributed by atoms with E-state index in [1.807, 2.05) is 23.1 Å². The lowest BCUT2D eigenvalue weighted by molar-refractivity contribution is -0.132. The Balaban J connectivity index is 1.46. The number of fused-ring (bicyclic) bond motifs is 1. The molecule has 0 aliphatic carbocycles. The quantitative estimate of drug-likeness (QED) is 0.849. The Labute approximate surface area is 142 Å². The van der Waals surface area contributed by atoms with Gasteiger partial charge >= 0.3 is 0 Å². The van der Waals surface area contributed by atoms with E-state index in [9.17, 15) is 13.2 Å².